The highest BCUT2D eigenvalue weighted by Gasteiger charge is 2.59. The molecule has 11 heteroatoms. The maximum atomic E-state index is 14.1. The fourth-order valence-electron chi connectivity index (χ4n) is 4.24. The number of morpholine rings is 1. The number of nitrogens with one attached hydrogen (secondary N) is 1. The summed E-state index contributed by atoms with van der Waals surface area (Å²) < 4.78 is 61.3. The molecular formula is C31H43F4N5O2. The lowest BCUT2D eigenvalue weighted by Gasteiger charge is -2.46. The maximum absolute atomic E-state index is 14.1. The number of nitrogens with zero attached hydrogens (tertiary/aromatic N) is 4. The highest BCUT2D eigenvalue weighted by Crippen LogP contribution is 2.41. The summed E-state index contributed by atoms with van der Waals surface area (Å²) in [5.41, 5.74) is -1.72. The third kappa shape index (κ3) is 9.26. The summed E-state index contributed by atoms with van der Waals surface area (Å²) in [6, 6.07) is 8.70. The number of hydrazone groups is 1. The average molecular weight is 594 g/mol. The number of hydrogen-bond acceptors (Lipinski definition) is 6. The van der Waals surface area contributed by atoms with E-state index in [1.165, 1.54) is 18.6 Å². The largest absolute Gasteiger partial charge is 0.431 e. The molecule has 2 aliphatic heterocycles. The summed E-state index contributed by atoms with van der Waals surface area (Å²) in [6.45, 7) is 14.9. The molecule has 0 saturated carbocycles. The topological polar surface area (TPSA) is 81.0 Å². The normalized spacial score (nSPS) is 20.3. The molecule has 0 spiro atoms. The molecule has 1 amide bonds. The molecule has 7 nitrogen and oxygen atoms in total. The van der Waals surface area contributed by atoms with E-state index in [9.17, 15) is 27.6 Å². The van der Waals surface area contributed by atoms with Crippen molar-refractivity contribution in [1.29, 1.82) is 5.26 Å². The van der Waals surface area contributed by atoms with Gasteiger partial charge in [0.25, 0.3) is 5.91 Å². The predicted molar refractivity (Wildman–Crippen MR) is 159 cm³/mol. The van der Waals surface area contributed by atoms with E-state index in [0.29, 0.717) is 5.69 Å². The van der Waals surface area contributed by atoms with Gasteiger partial charge in [0.15, 0.2) is 0 Å². The monoisotopic (exact) mass is 593 g/mol. The molecule has 1 aromatic rings. The number of alkyl halides is 3. The average Bonchev–Trinajstić information content (AvgIpc) is 3.32. The summed E-state index contributed by atoms with van der Waals surface area (Å²) >= 11 is 0. The van der Waals surface area contributed by atoms with Crippen LogP contribution < -0.4 is 5.32 Å². The second-order valence-corrected chi connectivity index (χ2v) is 9.14. The second kappa shape index (κ2) is 17.5. The highest BCUT2D eigenvalue weighted by molar-refractivity contribution is 6.05. The Hall–Kier alpha value is -3.49. The first-order valence-electron chi connectivity index (χ1n) is 14.4. The zero-order chi connectivity index (χ0) is 31.9. The molecule has 0 unspecified atom stereocenters. The van der Waals surface area contributed by atoms with E-state index >= 15 is 0 Å². The number of ether oxygens (including phenoxy) is 1. The third-order valence-electron chi connectivity index (χ3n) is 6.02. The van der Waals surface area contributed by atoms with Gasteiger partial charge < -0.3 is 10.1 Å². The molecule has 2 heterocycles. The van der Waals surface area contributed by atoms with Crippen LogP contribution in [0.25, 0.3) is 0 Å². The van der Waals surface area contributed by atoms with Gasteiger partial charge in [0, 0.05) is 37.2 Å². The van der Waals surface area contributed by atoms with Gasteiger partial charge in [-0.25, -0.2) is 9.40 Å². The molecule has 3 aliphatic rings. The Morgan fingerprint density at radius 1 is 1.10 bits per heavy atom. The third-order valence-corrected chi connectivity index (χ3v) is 6.02. The van der Waals surface area contributed by atoms with E-state index in [2.05, 4.69) is 24.3 Å². The Balaban J connectivity index is 0.00000116. The van der Waals surface area contributed by atoms with Gasteiger partial charge in [-0.15, -0.1) is 0 Å². The lowest BCUT2D eigenvalue weighted by Crippen LogP contribution is -2.66. The maximum Gasteiger partial charge on any atom is 0.431 e. The first-order chi connectivity index (χ1) is 20.0. The van der Waals surface area contributed by atoms with Gasteiger partial charge in [-0.05, 0) is 37.3 Å². The minimum atomic E-state index is -4.80. The predicted octanol–water partition coefficient (Wildman–Crippen LogP) is 7.65. The molecule has 0 aromatic heterocycles. The van der Waals surface area contributed by atoms with Crippen molar-refractivity contribution in [1.82, 2.24) is 9.91 Å². The van der Waals surface area contributed by atoms with Crippen molar-refractivity contribution in [2.45, 2.75) is 79.6 Å². The van der Waals surface area contributed by atoms with Crippen molar-refractivity contribution >= 4 is 17.3 Å². The van der Waals surface area contributed by atoms with Gasteiger partial charge in [-0.3, -0.25) is 9.69 Å². The van der Waals surface area contributed by atoms with Crippen LogP contribution in [0.4, 0.5) is 23.2 Å². The molecule has 1 atom stereocenters. The molecule has 4 rings (SSSR count). The minimum Gasteiger partial charge on any atom is -0.379 e. The van der Waals surface area contributed by atoms with Gasteiger partial charge in [0.2, 0.25) is 5.66 Å². The number of nitriles is 1. The van der Waals surface area contributed by atoms with Gasteiger partial charge in [0.1, 0.15) is 11.5 Å². The van der Waals surface area contributed by atoms with Crippen LogP contribution in [-0.2, 0) is 9.53 Å². The first-order valence-corrected chi connectivity index (χ1v) is 14.4. The number of benzene rings is 1. The number of rotatable bonds is 4. The Bertz CT molecular complexity index is 1180. The van der Waals surface area contributed by atoms with Crippen LogP contribution in [-0.4, -0.2) is 59.7 Å². The summed E-state index contributed by atoms with van der Waals surface area (Å²) in [5, 5.41) is 16.9. The van der Waals surface area contributed by atoms with Crippen LogP contribution >= 0.6 is 0 Å². The number of aryl methyl sites for hydroxylation is 1. The number of carbonyl (C=O) groups excluding carboxylic acids is 1. The lowest BCUT2D eigenvalue weighted by molar-refractivity contribution is -0.144. The van der Waals surface area contributed by atoms with E-state index < -0.39 is 35.7 Å². The van der Waals surface area contributed by atoms with E-state index in [1.807, 2.05) is 40.7 Å². The summed E-state index contributed by atoms with van der Waals surface area (Å²) in [7, 11) is 0. The van der Waals surface area contributed by atoms with Crippen LogP contribution in [0.15, 0.2) is 64.7 Å². The molecule has 1 saturated heterocycles. The van der Waals surface area contributed by atoms with Gasteiger partial charge in [-0.1, -0.05) is 65.7 Å². The van der Waals surface area contributed by atoms with E-state index in [0.717, 1.165) is 16.6 Å². The van der Waals surface area contributed by atoms with Crippen molar-refractivity contribution in [3.05, 3.63) is 65.2 Å². The smallest absolute Gasteiger partial charge is 0.379 e. The first kappa shape index (κ1) is 36.5. The number of halogens is 4. The fraction of sp³-hybridized carbons (Fsp3) is 0.516. The fourth-order valence-corrected chi connectivity index (χ4v) is 4.24. The molecule has 42 heavy (non-hydrogen) atoms. The molecule has 1 aliphatic carbocycles. The summed E-state index contributed by atoms with van der Waals surface area (Å²) in [5.74, 6) is -1.36. The SMILES string of the molecule is CC.CC.CCC.Cc1ccc(NC(=O)[C@@]2(N3CCOCC3)CC(C(F)(F)F)=NN2C2=CC=C(F)CC(C#N)=C2)cc1. The van der Waals surface area contributed by atoms with Crippen LogP contribution in [0.2, 0.25) is 0 Å². The van der Waals surface area contributed by atoms with Crippen molar-refractivity contribution in [2.24, 2.45) is 5.10 Å². The molecule has 1 aromatic carbocycles. The lowest BCUT2D eigenvalue weighted by atomic mass is 9.97. The highest BCUT2D eigenvalue weighted by atomic mass is 19.4. The number of anilines is 1. The zero-order valence-electron chi connectivity index (χ0n) is 25.6. The van der Waals surface area contributed by atoms with Crippen LogP contribution in [0.5, 0.6) is 0 Å². The Labute approximate surface area is 247 Å². The van der Waals surface area contributed by atoms with Gasteiger partial charge in [-0.2, -0.15) is 23.5 Å². The van der Waals surface area contributed by atoms with Crippen molar-refractivity contribution in [3.63, 3.8) is 0 Å². The van der Waals surface area contributed by atoms with E-state index in [4.69, 9.17) is 4.74 Å². The van der Waals surface area contributed by atoms with E-state index in [1.54, 1.807) is 29.2 Å². The molecule has 232 valence electrons. The Kier molecular flexibility index (Phi) is 15.2. The van der Waals surface area contributed by atoms with Crippen LogP contribution in [0.1, 0.15) is 66.4 Å². The minimum absolute atomic E-state index is 0.000928. The molecule has 0 radical (unpaired) electrons. The zero-order valence-corrected chi connectivity index (χ0v) is 25.6. The van der Waals surface area contributed by atoms with Crippen molar-refractivity contribution in [3.8, 4) is 6.07 Å². The Morgan fingerprint density at radius 2 is 1.67 bits per heavy atom. The summed E-state index contributed by atoms with van der Waals surface area (Å²) in [6.07, 6.45) is -1.05. The summed E-state index contributed by atoms with van der Waals surface area (Å²) in [4.78, 5) is 15.5. The molecular weight excluding hydrogens is 550 g/mol. The number of hydrogen-bond donors (Lipinski definition) is 1. The van der Waals surface area contributed by atoms with Gasteiger partial charge in [0.05, 0.1) is 25.0 Å². The number of amides is 1. The van der Waals surface area contributed by atoms with Crippen LogP contribution in [0.3, 0.4) is 0 Å². The quantitative estimate of drug-likeness (QED) is 0.363. The molecule has 0 bridgehead atoms. The van der Waals surface area contributed by atoms with E-state index in [-0.39, 0.29) is 44.0 Å². The van der Waals surface area contributed by atoms with Crippen molar-refractivity contribution < 1.29 is 27.1 Å². The van der Waals surface area contributed by atoms with Crippen LogP contribution in [0, 0.1) is 18.3 Å². The van der Waals surface area contributed by atoms with Crippen molar-refractivity contribution in [2.75, 3.05) is 31.6 Å². The number of allylic oxidation sites excluding steroid dienone is 5. The molecule has 1 N–H and O–H groups in total. The second-order valence-electron chi connectivity index (χ2n) is 9.14. The molecule has 1 fully saturated rings. The standard InChI is InChI=1S/C24H23F4N5O2.C3H8.2C2H6/c1-16-2-5-19(6-3-16)30-22(34)23(32-8-10-35-11-9-32)14-21(24(26,27)28)31-33(23)20-7-4-18(25)12-17(13-20)15-29;1-3-2;2*1-2/h2-7,13H,8-12,14H2,1H3,(H,30,34);3H2,1-2H3;2*1-2H3/t23-;;;/m1.../s1. The Morgan fingerprint density at radius 3 is 2.19 bits per heavy atom. The van der Waals surface area contributed by atoms with Gasteiger partial charge >= 0.3 is 6.18 Å². The number of carbonyl (C=O) groups is 1.